The van der Waals surface area contributed by atoms with E-state index >= 15 is 0 Å². The van der Waals surface area contributed by atoms with E-state index in [-0.39, 0.29) is 33.9 Å². The molecule has 2 fully saturated rings. The number of hydrogen-bond acceptors (Lipinski definition) is 6. The number of amides is 1. The van der Waals surface area contributed by atoms with E-state index in [2.05, 4.69) is 15.3 Å². The highest BCUT2D eigenvalue weighted by atomic mass is 19.3. The van der Waals surface area contributed by atoms with Crippen LogP contribution in [0.1, 0.15) is 47.3 Å². The number of alkyl halides is 2. The molecule has 1 amide bonds. The van der Waals surface area contributed by atoms with Gasteiger partial charge in [-0.2, -0.15) is 0 Å². The molecule has 0 unspecified atom stereocenters. The summed E-state index contributed by atoms with van der Waals surface area (Å²) in [6.45, 7) is 3.94. The first-order chi connectivity index (χ1) is 16.7. The van der Waals surface area contributed by atoms with Crippen LogP contribution >= 0.6 is 0 Å². The number of ether oxygens (including phenoxy) is 1. The summed E-state index contributed by atoms with van der Waals surface area (Å²) in [5.41, 5.74) is -0.897. The number of fused-ring (bicyclic) bond motifs is 1. The quantitative estimate of drug-likeness (QED) is 0.593. The summed E-state index contributed by atoms with van der Waals surface area (Å²) < 4.78 is 47.7. The number of anilines is 1. The Morgan fingerprint density at radius 2 is 1.97 bits per heavy atom. The highest BCUT2D eigenvalue weighted by molar-refractivity contribution is 5.99. The smallest absolute Gasteiger partial charge is 0.266 e. The molecule has 2 aromatic heterocycles. The highest BCUT2D eigenvalue weighted by Gasteiger charge is 2.48. The van der Waals surface area contributed by atoms with Crippen molar-refractivity contribution in [2.75, 3.05) is 31.6 Å². The third kappa shape index (κ3) is 3.93. The maximum atomic E-state index is 14.7. The Hall–Kier alpha value is -3.47. The standard InChI is InChI=1S/C24H24F3N5O3/c1-13(14-4-3-5-15(18(14)25)19(26)27)30-20-16-8-17(22(33)31(2)21(16)29-12-28-20)23(34)32-9-24(10-32)6-7-35-11-24/h3-5,8,12-13,19H,6-7,9-11H2,1-2H3,(H,28,29,30)/t13-/m1/s1. The fourth-order valence-electron chi connectivity index (χ4n) is 4.87. The number of halogens is 3. The molecule has 2 saturated heterocycles. The minimum atomic E-state index is -2.94. The van der Waals surface area contributed by atoms with Crippen molar-refractivity contribution in [2.24, 2.45) is 12.5 Å². The van der Waals surface area contributed by atoms with Gasteiger partial charge in [-0.1, -0.05) is 18.2 Å². The summed E-state index contributed by atoms with van der Waals surface area (Å²) in [6.07, 6.45) is -0.819. The van der Waals surface area contributed by atoms with Crippen LogP contribution in [0.15, 0.2) is 35.4 Å². The predicted octanol–water partition coefficient (Wildman–Crippen LogP) is 3.44. The molecule has 0 bridgehead atoms. The number of likely N-dealkylation sites (tertiary alicyclic amines) is 1. The van der Waals surface area contributed by atoms with Gasteiger partial charge in [0.2, 0.25) is 0 Å². The van der Waals surface area contributed by atoms with Crippen LogP contribution in [0.2, 0.25) is 0 Å². The van der Waals surface area contributed by atoms with Gasteiger partial charge in [0.05, 0.1) is 23.6 Å². The fourth-order valence-corrected chi connectivity index (χ4v) is 4.87. The number of aromatic nitrogens is 3. The average molecular weight is 487 g/mol. The van der Waals surface area contributed by atoms with E-state index in [1.807, 2.05) is 0 Å². The van der Waals surface area contributed by atoms with Gasteiger partial charge in [-0.25, -0.2) is 23.1 Å². The average Bonchev–Trinajstić information content (AvgIpc) is 3.31. The largest absolute Gasteiger partial charge is 0.381 e. The van der Waals surface area contributed by atoms with Crippen LogP contribution in [0, 0.1) is 11.2 Å². The molecule has 8 nitrogen and oxygen atoms in total. The van der Waals surface area contributed by atoms with Crippen molar-refractivity contribution < 1.29 is 22.7 Å². The first-order valence-electron chi connectivity index (χ1n) is 11.3. The van der Waals surface area contributed by atoms with Crippen molar-refractivity contribution in [3.63, 3.8) is 0 Å². The summed E-state index contributed by atoms with van der Waals surface area (Å²) >= 11 is 0. The lowest BCUT2D eigenvalue weighted by molar-refractivity contribution is 0.000219. The molecular formula is C24H24F3N5O3. The number of carbonyl (C=O) groups excluding carboxylic acids is 1. The molecule has 1 spiro atoms. The molecule has 11 heteroatoms. The van der Waals surface area contributed by atoms with Crippen molar-refractivity contribution >= 4 is 22.8 Å². The Morgan fingerprint density at radius 1 is 1.23 bits per heavy atom. The van der Waals surface area contributed by atoms with Crippen LogP contribution in [0.4, 0.5) is 19.0 Å². The zero-order valence-corrected chi connectivity index (χ0v) is 19.2. The second-order valence-corrected chi connectivity index (χ2v) is 9.26. The van der Waals surface area contributed by atoms with Crippen LogP contribution in [0.3, 0.4) is 0 Å². The Labute approximate surface area is 198 Å². The van der Waals surface area contributed by atoms with Crippen LogP contribution in [-0.4, -0.2) is 51.6 Å². The van der Waals surface area contributed by atoms with Crippen molar-refractivity contribution in [1.82, 2.24) is 19.4 Å². The van der Waals surface area contributed by atoms with E-state index in [4.69, 9.17) is 4.74 Å². The Morgan fingerprint density at radius 3 is 2.66 bits per heavy atom. The number of carbonyl (C=O) groups is 1. The molecule has 184 valence electrons. The number of hydrogen-bond donors (Lipinski definition) is 1. The van der Waals surface area contributed by atoms with Crippen LogP contribution in [0.25, 0.3) is 11.0 Å². The number of rotatable bonds is 5. The Balaban J connectivity index is 1.48. The van der Waals surface area contributed by atoms with Crippen LogP contribution in [-0.2, 0) is 11.8 Å². The lowest BCUT2D eigenvalue weighted by atomic mass is 9.79. The maximum absolute atomic E-state index is 14.7. The van der Waals surface area contributed by atoms with Gasteiger partial charge in [-0.3, -0.25) is 14.2 Å². The summed E-state index contributed by atoms with van der Waals surface area (Å²) in [6, 6.07) is 4.53. The van der Waals surface area contributed by atoms with Gasteiger partial charge in [0.15, 0.2) is 0 Å². The van der Waals surface area contributed by atoms with Crippen LogP contribution < -0.4 is 10.9 Å². The molecule has 3 aromatic rings. The van der Waals surface area contributed by atoms with Gasteiger partial charge in [-0.05, 0) is 19.4 Å². The number of aryl methyl sites for hydroxylation is 1. The lowest BCUT2D eigenvalue weighted by Gasteiger charge is -2.47. The van der Waals surface area contributed by atoms with E-state index in [0.717, 1.165) is 12.5 Å². The van der Waals surface area contributed by atoms with Gasteiger partial charge in [0.1, 0.15) is 29.2 Å². The van der Waals surface area contributed by atoms with E-state index in [9.17, 15) is 22.8 Å². The molecule has 1 aromatic carbocycles. The first kappa shape index (κ1) is 23.3. The third-order valence-electron chi connectivity index (χ3n) is 6.87. The zero-order chi connectivity index (χ0) is 24.9. The minimum absolute atomic E-state index is 0.0230. The van der Waals surface area contributed by atoms with E-state index in [1.165, 1.54) is 36.1 Å². The monoisotopic (exact) mass is 487 g/mol. The number of nitrogens with one attached hydrogen (secondary N) is 1. The molecule has 5 rings (SSSR count). The fraction of sp³-hybridized carbons (Fsp3) is 0.417. The van der Waals surface area contributed by atoms with Crippen LogP contribution in [0.5, 0.6) is 0 Å². The number of pyridine rings is 1. The third-order valence-corrected chi connectivity index (χ3v) is 6.87. The lowest BCUT2D eigenvalue weighted by Crippen LogP contribution is -2.59. The molecular weight excluding hydrogens is 463 g/mol. The van der Waals surface area contributed by atoms with Crippen molar-refractivity contribution in [3.8, 4) is 0 Å². The normalized spacial score (nSPS) is 17.7. The second-order valence-electron chi connectivity index (χ2n) is 9.26. The highest BCUT2D eigenvalue weighted by Crippen LogP contribution is 2.39. The van der Waals surface area contributed by atoms with Crippen molar-refractivity contribution in [2.45, 2.75) is 25.8 Å². The molecule has 35 heavy (non-hydrogen) atoms. The molecule has 2 aliphatic heterocycles. The minimum Gasteiger partial charge on any atom is -0.381 e. The van der Waals surface area contributed by atoms with Gasteiger partial charge < -0.3 is 15.0 Å². The summed E-state index contributed by atoms with van der Waals surface area (Å²) in [5, 5.41) is 3.41. The molecule has 4 heterocycles. The Kier molecular flexibility index (Phi) is 5.74. The van der Waals surface area contributed by atoms with E-state index in [0.29, 0.717) is 31.7 Å². The number of nitrogens with zero attached hydrogens (tertiary/aromatic N) is 4. The van der Waals surface area contributed by atoms with Gasteiger partial charge in [-0.15, -0.1) is 0 Å². The molecule has 0 saturated carbocycles. The summed E-state index contributed by atoms with van der Waals surface area (Å²) in [4.78, 5) is 36.2. The van der Waals surface area contributed by atoms with E-state index < -0.39 is 29.4 Å². The molecule has 0 aliphatic carbocycles. The Bertz CT molecular complexity index is 1360. The van der Waals surface area contributed by atoms with Gasteiger partial charge >= 0.3 is 0 Å². The topological polar surface area (TPSA) is 89.4 Å². The second kappa shape index (κ2) is 8.63. The predicted molar refractivity (Wildman–Crippen MR) is 122 cm³/mol. The van der Waals surface area contributed by atoms with Gasteiger partial charge in [0, 0.05) is 37.7 Å². The summed E-state index contributed by atoms with van der Waals surface area (Å²) in [7, 11) is 1.51. The zero-order valence-electron chi connectivity index (χ0n) is 19.2. The molecule has 0 radical (unpaired) electrons. The summed E-state index contributed by atoms with van der Waals surface area (Å²) in [5.74, 6) is -1.13. The molecule has 1 atom stereocenters. The van der Waals surface area contributed by atoms with E-state index in [1.54, 1.807) is 11.8 Å². The molecule has 1 N–H and O–H groups in total. The SMILES string of the molecule is C[C@@H](Nc1ncnc2c1cc(C(=O)N1CC3(CCOC3)C1)c(=O)n2C)c1cccc(C(F)F)c1F. The molecule has 2 aliphatic rings. The first-order valence-corrected chi connectivity index (χ1v) is 11.3. The van der Waals surface area contributed by atoms with Crippen molar-refractivity contribution in [1.29, 1.82) is 0 Å². The maximum Gasteiger partial charge on any atom is 0.266 e. The van der Waals surface area contributed by atoms with Gasteiger partial charge in [0.25, 0.3) is 17.9 Å². The van der Waals surface area contributed by atoms with Crippen molar-refractivity contribution in [3.05, 3.63) is 63.5 Å². The number of benzene rings is 1.